The van der Waals surface area contributed by atoms with Crippen molar-refractivity contribution in [3.05, 3.63) is 233 Å². The number of hydrogen-bond donors (Lipinski definition) is 0. The fourth-order valence-electron chi connectivity index (χ4n) is 10.1. The number of nitrogens with zero attached hydrogens (tertiary/aromatic N) is 2. The lowest BCUT2D eigenvalue weighted by atomic mass is 9.67. The Morgan fingerprint density at radius 3 is 1.12 bits per heavy atom. The van der Waals surface area contributed by atoms with E-state index in [2.05, 4.69) is 36.1 Å². The average molecular weight is 869 g/mol. The number of aromatic nitrogens is 2. The van der Waals surface area contributed by atoms with Crippen LogP contribution in [0.2, 0.25) is 0 Å². The summed E-state index contributed by atoms with van der Waals surface area (Å²) in [6.45, 7) is 0. The first-order valence-electron chi connectivity index (χ1n) is 21.2. The highest BCUT2D eigenvalue weighted by Crippen LogP contribution is 2.56. The molecule has 1 aliphatic rings. The standard InChI is InChI=1S/C57H28N2O8/c1-3-31-11-9-13-35(23-31)58-53(60)39-27-49-51(29-41(39)55(58)62)66-47-25-33(19-21-45(47)64-49)57(43-17-7-5-15-37(43)38-16-6-8-18-44(38)57)34-20-22-46-48(26-34)67-52-30-42-40(28-50(52)65-46)54(61)59(56(42)63)36-14-10-12-32(4-2)24-36/h1-2,5-30H. The average Bonchev–Trinajstić information content (AvgIpc) is 3.90. The molecular formula is C57H28N2O8. The molecule has 10 heteroatoms. The normalized spacial score (nSPS) is 12.8. The minimum Gasteiger partial charge on any atom is -0.449 e. The van der Waals surface area contributed by atoms with Gasteiger partial charge >= 0.3 is 0 Å². The van der Waals surface area contributed by atoms with Gasteiger partial charge in [-0.25, -0.2) is 9.13 Å². The monoisotopic (exact) mass is 868 g/mol. The van der Waals surface area contributed by atoms with E-state index >= 15 is 0 Å². The zero-order valence-electron chi connectivity index (χ0n) is 34.8. The summed E-state index contributed by atoms with van der Waals surface area (Å²) in [5.41, 5.74) is 7.46. The first-order valence-corrected chi connectivity index (χ1v) is 21.2. The molecule has 0 fully saturated rings. The molecule has 4 heterocycles. The maximum Gasteiger partial charge on any atom is 0.266 e. The van der Waals surface area contributed by atoms with Crippen LogP contribution in [-0.4, -0.2) is 9.13 Å². The fourth-order valence-corrected chi connectivity index (χ4v) is 10.1. The molecule has 1 aliphatic carbocycles. The Balaban J connectivity index is 1.01. The lowest BCUT2D eigenvalue weighted by Crippen LogP contribution is -2.28. The minimum atomic E-state index is -0.938. The van der Waals surface area contributed by atoms with Gasteiger partial charge in [-0.2, -0.15) is 0 Å². The van der Waals surface area contributed by atoms with Gasteiger partial charge in [-0.05, 0) is 118 Å². The molecule has 0 radical (unpaired) electrons. The summed E-state index contributed by atoms with van der Waals surface area (Å²) >= 11 is 0. The Bertz CT molecular complexity index is 4250. The van der Waals surface area contributed by atoms with E-state index in [1.54, 1.807) is 72.8 Å². The van der Waals surface area contributed by atoms with Gasteiger partial charge in [0.25, 0.3) is 22.2 Å². The van der Waals surface area contributed by atoms with Crippen LogP contribution in [0.15, 0.2) is 195 Å². The van der Waals surface area contributed by atoms with E-state index in [1.165, 1.54) is 0 Å². The van der Waals surface area contributed by atoms with Crippen molar-refractivity contribution >= 4 is 66.2 Å². The van der Waals surface area contributed by atoms with Crippen molar-refractivity contribution in [2.75, 3.05) is 0 Å². The smallest absolute Gasteiger partial charge is 0.266 e. The molecule has 0 amide bonds. The fraction of sp³-hybridized carbons (Fsp3) is 0.0175. The van der Waals surface area contributed by atoms with Crippen LogP contribution in [0.3, 0.4) is 0 Å². The van der Waals surface area contributed by atoms with Gasteiger partial charge in [0.2, 0.25) is 0 Å². The molecule has 10 nitrogen and oxygen atoms in total. The van der Waals surface area contributed by atoms with E-state index in [0.717, 1.165) is 42.5 Å². The Labute approximate surface area is 376 Å². The zero-order chi connectivity index (χ0) is 45.3. The van der Waals surface area contributed by atoms with E-state index in [-0.39, 0.29) is 32.7 Å². The van der Waals surface area contributed by atoms with Crippen LogP contribution < -0.4 is 22.2 Å². The molecule has 13 rings (SSSR count). The molecule has 12 aromatic rings. The second-order valence-electron chi connectivity index (χ2n) is 16.5. The lowest BCUT2D eigenvalue weighted by Gasteiger charge is -2.33. The second kappa shape index (κ2) is 13.7. The molecule has 0 aliphatic heterocycles. The maximum atomic E-state index is 13.8. The third kappa shape index (κ3) is 5.24. The van der Waals surface area contributed by atoms with Crippen LogP contribution in [0.5, 0.6) is 0 Å². The van der Waals surface area contributed by atoms with Gasteiger partial charge in [0, 0.05) is 11.1 Å². The van der Waals surface area contributed by atoms with Crippen molar-refractivity contribution in [2.45, 2.75) is 5.41 Å². The summed E-state index contributed by atoms with van der Waals surface area (Å²) in [4.78, 5) is 55.1. The Hall–Kier alpha value is -9.64. The third-order valence-electron chi connectivity index (χ3n) is 13.0. The summed E-state index contributed by atoms with van der Waals surface area (Å²) in [5, 5.41) is 0.740. The van der Waals surface area contributed by atoms with Gasteiger partial charge in [0.15, 0.2) is 44.7 Å². The summed E-state index contributed by atoms with van der Waals surface area (Å²) in [5.74, 6) is 5.11. The predicted octanol–water partition coefficient (Wildman–Crippen LogP) is 10.3. The highest BCUT2D eigenvalue weighted by atomic mass is 16.4. The van der Waals surface area contributed by atoms with Crippen LogP contribution in [0, 0.1) is 24.7 Å². The van der Waals surface area contributed by atoms with E-state index in [9.17, 15) is 19.2 Å². The minimum absolute atomic E-state index is 0.180. The predicted molar refractivity (Wildman–Crippen MR) is 257 cm³/mol. The molecule has 4 aromatic heterocycles. The Kier molecular flexibility index (Phi) is 7.73. The summed E-state index contributed by atoms with van der Waals surface area (Å²) in [6.07, 6.45) is 11.2. The van der Waals surface area contributed by atoms with E-state index in [4.69, 9.17) is 30.5 Å². The lowest BCUT2D eigenvalue weighted by molar-refractivity contribution is 0.579. The van der Waals surface area contributed by atoms with Crippen molar-refractivity contribution in [2.24, 2.45) is 0 Å². The van der Waals surface area contributed by atoms with Crippen LogP contribution >= 0.6 is 0 Å². The topological polar surface area (TPSA) is 131 Å². The van der Waals surface area contributed by atoms with Gasteiger partial charge in [-0.1, -0.05) is 84.6 Å². The molecule has 0 saturated heterocycles. The Morgan fingerprint density at radius 2 is 0.731 bits per heavy atom. The molecule has 314 valence electrons. The molecule has 0 saturated carbocycles. The number of terminal acetylenes is 2. The molecule has 0 N–H and O–H groups in total. The number of fused-ring (bicyclic) bond motifs is 9. The SMILES string of the molecule is C#Cc1cccc(-n2c(=O)c3cc4oc5ccc(C6(c7ccc8oc9cc%10c(=O)n(-c%11cccc(C#C)c%11)c(=O)c%10cc9oc8c7)c7ccccc7-c7ccccc76)cc5oc4cc3c2=O)c1. The van der Waals surface area contributed by atoms with Crippen LogP contribution in [0.25, 0.3) is 88.7 Å². The zero-order valence-corrected chi connectivity index (χ0v) is 34.8. The van der Waals surface area contributed by atoms with Gasteiger partial charge in [-0.15, -0.1) is 12.8 Å². The van der Waals surface area contributed by atoms with E-state index < -0.39 is 27.7 Å². The van der Waals surface area contributed by atoms with Gasteiger partial charge < -0.3 is 17.7 Å². The molecular weight excluding hydrogens is 841 g/mol. The van der Waals surface area contributed by atoms with E-state index in [1.807, 2.05) is 60.7 Å². The van der Waals surface area contributed by atoms with Crippen molar-refractivity contribution in [1.29, 1.82) is 0 Å². The molecule has 0 bridgehead atoms. The third-order valence-corrected chi connectivity index (χ3v) is 13.0. The van der Waals surface area contributed by atoms with E-state index in [0.29, 0.717) is 56.0 Å². The van der Waals surface area contributed by atoms with Crippen LogP contribution in [0.4, 0.5) is 0 Å². The molecule has 67 heavy (non-hydrogen) atoms. The van der Waals surface area contributed by atoms with Gasteiger partial charge in [0.05, 0.1) is 38.3 Å². The summed E-state index contributed by atoms with van der Waals surface area (Å²) in [6, 6.07) is 47.7. The van der Waals surface area contributed by atoms with Crippen molar-refractivity contribution in [3.8, 4) is 47.2 Å². The molecule has 8 aromatic carbocycles. The van der Waals surface area contributed by atoms with Crippen molar-refractivity contribution in [3.63, 3.8) is 0 Å². The maximum absolute atomic E-state index is 13.8. The first-order chi connectivity index (χ1) is 32.7. The molecule has 0 unspecified atom stereocenters. The summed E-state index contributed by atoms with van der Waals surface area (Å²) < 4.78 is 28.3. The number of rotatable bonds is 4. The number of benzene rings is 8. The van der Waals surface area contributed by atoms with Crippen molar-refractivity contribution in [1.82, 2.24) is 9.13 Å². The Morgan fingerprint density at radius 1 is 0.373 bits per heavy atom. The van der Waals surface area contributed by atoms with Crippen LogP contribution in [0.1, 0.15) is 33.4 Å². The highest BCUT2D eigenvalue weighted by molar-refractivity contribution is 5.97. The first kappa shape index (κ1) is 37.9. The highest BCUT2D eigenvalue weighted by Gasteiger charge is 2.46. The quantitative estimate of drug-likeness (QED) is 0.126. The van der Waals surface area contributed by atoms with Crippen LogP contribution in [-0.2, 0) is 5.41 Å². The molecule has 0 atom stereocenters. The van der Waals surface area contributed by atoms with Gasteiger partial charge in [0.1, 0.15) is 0 Å². The number of hydrogen-bond acceptors (Lipinski definition) is 8. The van der Waals surface area contributed by atoms with Crippen molar-refractivity contribution < 1.29 is 17.7 Å². The largest absolute Gasteiger partial charge is 0.449 e. The second-order valence-corrected chi connectivity index (χ2v) is 16.5. The summed E-state index contributed by atoms with van der Waals surface area (Å²) in [7, 11) is 0. The molecule has 0 spiro atoms. The van der Waals surface area contributed by atoms with Gasteiger partial charge in [-0.3, -0.25) is 19.2 Å².